The molecule has 2 saturated carbocycles. The van der Waals surface area contributed by atoms with Crippen LogP contribution >= 0.6 is 0 Å². The van der Waals surface area contributed by atoms with Crippen molar-refractivity contribution in [3.05, 3.63) is 0 Å². The van der Waals surface area contributed by atoms with Crippen LogP contribution in [-0.2, 0) is 4.79 Å². The maximum absolute atomic E-state index is 12.1. The van der Waals surface area contributed by atoms with Crippen LogP contribution in [0.4, 0.5) is 0 Å². The Morgan fingerprint density at radius 3 is 2.19 bits per heavy atom. The van der Waals surface area contributed by atoms with Crippen molar-refractivity contribution in [1.82, 2.24) is 5.32 Å². The van der Waals surface area contributed by atoms with Crippen LogP contribution in [0.5, 0.6) is 0 Å². The van der Waals surface area contributed by atoms with Crippen molar-refractivity contribution in [2.75, 3.05) is 0 Å². The van der Waals surface area contributed by atoms with Crippen LogP contribution in [-0.4, -0.2) is 11.9 Å². The second kappa shape index (κ2) is 5.70. The van der Waals surface area contributed by atoms with Crippen molar-refractivity contribution in [2.24, 2.45) is 11.8 Å². The van der Waals surface area contributed by atoms with Gasteiger partial charge in [0.2, 0.25) is 5.91 Å². The van der Waals surface area contributed by atoms with Crippen LogP contribution in [0.3, 0.4) is 0 Å². The van der Waals surface area contributed by atoms with Gasteiger partial charge in [-0.15, -0.1) is 0 Å². The van der Waals surface area contributed by atoms with E-state index in [1.165, 1.54) is 44.9 Å². The van der Waals surface area contributed by atoms with Crippen molar-refractivity contribution in [1.29, 1.82) is 0 Å². The summed E-state index contributed by atoms with van der Waals surface area (Å²) in [6, 6.07) is 0.487. The molecule has 2 heteroatoms. The van der Waals surface area contributed by atoms with Crippen LogP contribution in [0.2, 0.25) is 0 Å². The summed E-state index contributed by atoms with van der Waals surface area (Å²) in [5.74, 6) is 1.50. The van der Waals surface area contributed by atoms with E-state index in [0.29, 0.717) is 17.9 Å². The van der Waals surface area contributed by atoms with Crippen molar-refractivity contribution in [2.45, 2.75) is 70.8 Å². The standard InChI is InChI=1S/C14H25NO/c1-11-7-9-12(10-8-11)14(16)15-13-5-3-2-4-6-13/h11-13H,2-10H2,1H3,(H,15,16)/t11-,12-. The van der Waals surface area contributed by atoms with Gasteiger partial charge >= 0.3 is 0 Å². The van der Waals surface area contributed by atoms with Crippen LogP contribution in [0.15, 0.2) is 0 Å². The highest BCUT2D eigenvalue weighted by Crippen LogP contribution is 2.28. The number of hydrogen-bond acceptors (Lipinski definition) is 1. The van der Waals surface area contributed by atoms with Crippen molar-refractivity contribution in [3.63, 3.8) is 0 Å². The summed E-state index contributed by atoms with van der Waals surface area (Å²) >= 11 is 0. The third-order valence-electron chi connectivity index (χ3n) is 4.34. The molecule has 2 aliphatic rings. The minimum atomic E-state index is 0.318. The van der Waals surface area contributed by atoms with E-state index in [4.69, 9.17) is 0 Å². The SMILES string of the molecule is C[C@H]1CC[C@H](C(=O)NC2CCCCC2)CC1. The van der Waals surface area contributed by atoms with Gasteiger partial charge in [-0.3, -0.25) is 4.79 Å². The molecule has 16 heavy (non-hydrogen) atoms. The van der Waals surface area contributed by atoms with E-state index in [1.807, 2.05) is 0 Å². The zero-order valence-corrected chi connectivity index (χ0v) is 10.5. The molecule has 0 bridgehead atoms. The Hall–Kier alpha value is -0.530. The first kappa shape index (κ1) is 11.9. The number of rotatable bonds is 2. The fourth-order valence-electron chi connectivity index (χ4n) is 3.09. The molecule has 2 rings (SSSR count). The van der Waals surface area contributed by atoms with E-state index in [-0.39, 0.29) is 0 Å². The molecule has 0 spiro atoms. The van der Waals surface area contributed by atoms with Crippen LogP contribution < -0.4 is 5.32 Å². The number of amides is 1. The smallest absolute Gasteiger partial charge is 0.223 e. The molecule has 92 valence electrons. The van der Waals surface area contributed by atoms with Gasteiger partial charge < -0.3 is 5.32 Å². The molecule has 2 fully saturated rings. The lowest BCUT2D eigenvalue weighted by atomic mass is 9.82. The zero-order chi connectivity index (χ0) is 11.4. The lowest BCUT2D eigenvalue weighted by Gasteiger charge is -2.29. The summed E-state index contributed by atoms with van der Waals surface area (Å²) in [6.07, 6.45) is 11.1. The lowest BCUT2D eigenvalue weighted by molar-refractivity contribution is -0.127. The quantitative estimate of drug-likeness (QED) is 0.765. The number of carbonyl (C=O) groups is 1. The summed E-state index contributed by atoms with van der Waals surface area (Å²) in [5.41, 5.74) is 0. The average Bonchev–Trinajstić information content (AvgIpc) is 2.31. The molecule has 1 amide bonds. The topological polar surface area (TPSA) is 29.1 Å². The maximum atomic E-state index is 12.1. The molecule has 0 aromatic heterocycles. The Morgan fingerprint density at radius 1 is 0.938 bits per heavy atom. The molecule has 0 unspecified atom stereocenters. The van der Waals surface area contributed by atoms with Crippen molar-refractivity contribution >= 4 is 5.91 Å². The minimum Gasteiger partial charge on any atom is -0.353 e. The Kier molecular flexibility index (Phi) is 4.25. The van der Waals surface area contributed by atoms with Gasteiger partial charge in [-0.2, -0.15) is 0 Å². The molecule has 0 aliphatic heterocycles. The zero-order valence-electron chi connectivity index (χ0n) is 10.5. The first-order valence-corrected chi connectivity index (χ1v) is 7.06. The van der Waals surface area contributed by atoms with Crippen molar-refractivity contribution in [3.8, 4) is 0 Å². The minimum absolute atomic E-state index is 0.318. The Labute approximate surface area is 99.2 Å². The highest BCUT2D eigenvalue weighted by molar-refractivity contribution is 5.79. The van der Waals surface area contributed by atoms with Crippen LogP contribution in [0.1, 0.15) is 64.7 Å². The van der Waals surface area contributed by atoms with Gasteiger partial charge in [-0.05, 0) is 44.4 Å². The van der Waals surface area contributed by atoms with Crippen molar-refractivity contribution < 1.29 is 4.79 Å². The largest absolute Gasteiger partial charge is 0.353 e. The van der Waals surface area contributed by atoms with Gasteiger partial charge in [-0.1, -0.05) is 26.2 Å². The fourth-order valence-corrected chi connectivity index (χ4v) is 3.09. The lowest BCUT2D eigenvalue weighted by Crippen LogP contribution is -2.40. The van der Waals surface area contributed by atoms with E-state index in [9.17, 15) is 4.79 Å². The molecular formula is C14H25NO. The molecule has 2 aliphatic carbocycles. The molecule has 0 heterocycles. The Balaban J connectivity index is 1.74. The highest BCUT2D eigenvalue weighted by Gasteiger charge is 2.26. The second-order valence-electron chi connectivity index (χ2n) is 5.80. The third kappa shape index (κ3) is 3.23. The molecule has 0 saturated heterocycles. The molecule has 1 N–H and O–H groups in total. The normalized spacial score (nSPS) is 32.3. The predicted octanol–water partition coefficient (Wildman–Crippen LogP) is 3.26. The highest BCUT2D eigenvalue weighted by atomic mass is 16.1. The van der Waals surface area contributed by atoms with E-state index >= 15 is 0 Å². The van der Waals surface area contributed by atoms with E-state index < -0.39 is 0 Å². The fraction of sp³-hybridized carbons (Fsp3) is 0.929. The summed E-state index contributed by atoms with van der Waals surface area (Å²) in [6.45, 7) is 2.30. The summed E-state index contributed by atoms with van der Waals surface area (Å²) < 4.78 is 0. The van der Waals surface area contributed by atoms with Gasteiger partial charge in [0.25, 0.3) is 0 Å². The maximum Gasteiger partial charge on any atom is 0.223 e. The van der Waals surface area contributed by atoms with Gasteiger partial charge in [0.15, 0.2) is 0 Å². The molecule has 0 aromatic carbocycles. The molecule has 0 radical (unpaired) electrons. The van der Waals surface area contributed by atoms with Gasteiger partial charge in [0.05, 0.1) is 0 Å². The summed E-state index contributed by atoms with van der Waals surface area (Å²) in [7, 11) is 0. The third-order valence-corrected chi connectivity index (χ3v) is 4.34. The first-order valence-electron chi connectivity index (χ1n) is 7.06. The second-order valence-corrected chi connectivity index (χ2v) is 5.80. The first-order chi connectivity index (χ1) is 7.75. The van der Waals surface area contributed by atoms with Gasteiger partial charge in [0, 0.05) is 12.0 Å². The number of hydrogen-bond donors (Lipinski definition) is 1. The number of carbonyl (C=O) groups excluding carboxylic acids is 1. The summed E-state index contributed by atoms with van der Waals surface area (Å²) in [4.78, 5) is 12.1. The van der Waals surface area contributed by atoms with E-state index in [1.54, 1.807) is 0 Å². The molecule has 0 atom stereocenters. The Morgan fingerprint density at radius 2 is 1.56 bits per heavy atom. The van der Waals surface area contributed by atoms with Gasteiger partial charge in [0.1, 0.15) is 0 Å². The van der Waals surface area contributed by atoms with Gasteiger partial charge in [-0.25, -0.2) is 0 Å². The predicted molar refractivity (Wildman–Crippen MR) is 66.1 cm³/mol. The van der Waals surface area contributed by atoms with Crippen LogP contribution in [0, 0.1) is 11.8 Å². The van der Waals surface area contributed by atoms with Crippen LogP contribution in [0.25, 0.3) is 0 Å². The van der Waals surface area contributed by atoms with E-state index in [0.717, 1.165) is 18.8 Å². The summed E-state index contributed by atoms with van der Waals surface area (Å²) in [5, 5.41) is 3.26. The van der Waals surface area contributed by atoms with E-state index in [2.05, 4.69) is 12.2 Å². The average molecular weight is 223 g/mol. The number of nitrogens with one attached hydrogen (secondary N) is 1. The molecule has 0 aromatic rings. The molecule has 2 nitrogen and oxygen atoms in total. The molecular weight excluding hydrogens is 198 g/mol. The Bertz CT molecular complexity index is 225. The monoisotopic (exact) mass is 223 g/mol.